The lowest BCUT2D eigenvalue weighted by Gasteiger charge is -2.35. The molecule has 0 saturated carbocycles. The summed E-state index contributed by atoms with van der Waals surface area (Å²) in [5, 5.41) is 27.4. The predicted molar refractivity (Wildman–Crippen MR) is 215 cm³/mol. The third kappa shape index (κ3) is 6.27. The molecule has 4 nitrogen and oxygen atoms in total. The Hall–Kier alpha value is -4.64. The normalized spacial score (nSPS) is 11.9. The summed E-state index contributed by atoms with van der Waals surface area (Å²) in [4.78, 5) is 4.23. The predicted octanol–water partition coefficient (Wildman–Crippen LogP) is 12.3. The van der Waals surface area contributed by atoms with E-state index >= 15 is 0 Å². The zero-order valence-corrected chi connectivity index (χ0v) is 30.9. The van der Waals surface area contributed by atoms with Crippen molar-refractivity contribution in [1.82, 2.24) is 0 Å². The molecule has 0 bridgehead atoms. The van der Waals surface area contributed by atoms with Crippen LogP contribution in [-0.2, 0) is 0 Å². The summed E-state index contributed by atoms with van der Waals surface area (Å²) in [6, 6.07) is 38.8. The molecule has 0 atom stereocenters. The van der Waals surface area contributed by atoms with E-state index < -0.39 is 0 Å². The monoisotopic (exact) mass is 664 g/mol. The molecular weight excluding hydrogens is 613 g/mol. The number of fused-ring (bicyclic) bond motifs is 2. The molecule has 0 radical (unpaired) electrons. The Bertz CT molecular complexity index is 1920. The highest BCUT2D eigenvalue weighted by Crippen LogP contribution is 2.51. The van der Waals surface area contributed by atoms with E-state index in [4.69, 9.17) is 0 Å². The molecule has 6 rings (SSSR count). The highest BCUT2D eigenvalue weighted by atomic mass is 16.3. The average Bonchev–Trinajstić information content (AvgIpc) is 3.11. The lowest BCUT2D eigenvalue weighted by molar-refractivity contribution is 0.303. The van der Waals surface area contributed by atoms with Gasteiger partial charge in [0, 0.05) is 11.1 Å². The van der Waals surface area contributed by atoms with Gasteiger partial charge in [0.2, 0.25) is 0 Å². The molecule has 0 aromatic heterocycles. The Morgan fingerprint density at radius 1 is 0.400 bits per heavy atom. The Kier molecular flexibility index (Phi) is 10.3. The molecule has 258 valence electrons. The number of rotatable bonds is 11. The molecule has 2 N–H and O–H groups in total. The van der Waals surface area contributed by atoms with Gasteiger partial charge in [-0.3, -0.25) is 0 Å². The minimum Gasteiger partial charge on any atom is -0.376 e. The maximum Gasteiger partial charge on any atom is 0.120 e. The molecule has 50 heavy (non-hydrogen) atoms. The Labute approximate surface area is 298 Å². The number of hydrogen-bond acceptors (Lipinski definition) is 4. The van der Waals surface area contributed by atoms with Gasteiger partial charge in [0.05, 0.1) is 22.7 Å². The number of hydrogen-bond donors (Lipinski definition) is 2. The van der Waals surface area contributed by atoms with Gasteiger partial charge in [0.1, 0.15) is 13.5 Å². The molecule has 0 aliphatic rings. The van der Waals surface area contributed by atoms with Gasteiger partial charge in [-0.15, -0.1) is 0 Å². The van der Waals surface area contributed by atoms with Crippen LogP contribution in [0.25, 0.3) is 32.7 Å². The lowest BCUT2D eigenvalue weighted by Crippen LogP contribution is -2.24. The van der Waals surface area contributed by atoms with Crippen molar-refractivity contribution in [2.24, 2.45) is 0 Å². The molecule has 6 aromatic carbocycles. The van der Waals surface area contributed by atoms with E-state index in [-0.39, 0.29) is 37.1 Å². The van der Waals surface area contributed by atoms with E-state index in [9.17, 15) is 10.2 Å². The fraction of sp³-hybridized carbons (Fsp3) is 0.304. The second kappa shape index (κ2) is 14.7. The van der Waals surface area contributed by atoms with E-state index in [1.807, 2.05) is 0 Å². The van der Waals surface area contributed by atoms with E-state index in [1.54, 1.807) is 0 Å². The molecule has 0 aliphatic heterocycles. The van der Waals surface area contributed by atoms with Crippen molar-refractivity contribution in [3.05, 3.63) is 131 Å². The standard InChI is InChI=1S/C46H52N2O2/c1-29(2)35-19-13-20-36(30(3)4)45(35)47(27-49)41-25-23-33-15-9-11-17-39(33)43(41)44-40-18-12-10-16-34(40)24-26-42(44)48(28-50)46-37(31(5)6)21-14-22-38(46)32(7)8/h9-26,29-32,49-50H,27-28H2,1-8H3. The van der Waals surface area contributed by atoms with Crippen LogP contribution in [0.3, 0.4) is 0 Å². The van der Waals surface area contributed by atoms with Crippen molar-refractivity contribution in [3.8, 4) is 11.1 Å². The Morgan fingerprint density at radius 3 is 1.02 bits per heavy atom. The van der Waals surface area contributed by atoms with Crippen molar-refractivity contribution in [3.63, 3.8) is 0 Å². The fourth-order valence-corrected chi connectivity index (χ4v) is 7.68. The van der Waals surface area contributed by atoms with Gasteiger partial charge >= 0.3 is 0 Å². The zero-order chi connectivity index (χ0) is 35.7. The summed E-state index contributed by atoms with van der Waals surface area (Å²) < 4.78 is 0. The summed E-state index contributed by atoms with van der Waals surface area (Å²) in [6.07, 6.45) is 0. The topological polar surface area (TPSA) is 46.9 Å². The molecule has 6 aromatic rings. The van der Waals surface area contributed by atoms with Gasteiger partial charge in [-0.25, -0.2) is 0 Å². The SMILES string of the molecule is CC(C)c1cccc(C(C)C)c1N(CO)c1ccc2ccccc2c1-c1c(N(CO)c2c(C(C)C)cccc2C(C)C)ccc2ccccc12. The van der Waals surface area contributed by atoms with E-state index in [0.29, 0.717) is 0 Å². The number of anilines is 4. The summed E-state index contributed by atoms with van der Waals surface area (Å²) in [6.45, 7) is 17.4. The highest BCUT2D eigenvalue weighted by molar-refractivity contribution is 6.15. The first-order valence-electron chi connectivity index (χ1n) is 18.1. The smallest absolute Gasteiger partial charge is 0.120 e. The van der Waals surface area contributed by atoms with Crippen molar-refractivity contribution >= 4 is 44.3 Å². The molecule has 0 amide bonds. The van der Waals surface area contributed by atoms with Crippen LogP contribution in [0.5, 0.6) is 0 Å². The van der Waals surface area contributed by atoms with Crippen molar-refractivity contribution in [1.29, 1.82) is 0 Å². The average molecular weight is 665 g/mol. The second-order valence-corrected chi connectivity index (χ2v) is 14.7. The molecule has 0 unspecified atom stereocenters. The fourth-order valence-electron chi connectivity index (χ4n) is 7.68. The third-order valence-corrected chi connectivity index (χ3v) is 10.2. The minimum absolute atomic E-state index is 0.188. The van der Waals surface area contributed by atoms with Gasteiger partial charge in [-0.05, 0) is 79.6 Å². The quantitative estimate of drug-likeness (QED) is 0.135. The molecule has 0 saturated heterocycles. The lowest BCUT2D eigenvalue weighted by atomic mass is 9.87. The van der Waals surface area contributed by atoms with Crippen LogP contribution in [0.4, 0.5) is 22.7 Å². The van der Waals surface area contributed by atoms with Gasteiger partial charge in [-0.1, -0.05) is 152 Å². The van der Waals surface area contributed by atoms with E-state index in [2.05, 4.69) is 174 Å². The molecule has 0 heterocycles. The molecule has 0 fully saturated rings. The summed E-state index contributed by atoms with van der Waals surface area (Å²) in [5.74, 6) is 1.01. The Balaban J connectivity index is 1.79. The van der Waals surface area contributed by atoms with Crippen LogP contribution >= 0.6 is 0 Å². The van der Waals surface area contributed by atoms with Crippen LogP contribution in [0.15, 0.2) is 109 Å². The van der Waals surface area contributed by atoms with Crippen molar-refractivity contribution < 1.29 is 10.2 Å². The van der Waals surface area contributed by atoms with Crippen LogP contribution in [0, 0.1) is 0 Å². The molecular formula is C46H52N2O2. The molecule has 0 aliphatic carbocycles. The number of benzene rings is 6. The number of aliphatic hydroxyl groups is 2. The summed E-state index contributed by atoms with van der Waals surface area (Å²) in [5.41, 5.74) is 10.8. The first-order chi connectivity index (χ1) is 24.1. The largest absolute Gasteiger partial charge is 0.376 e. The van der Waals surface area contributed by atoms with Crippen molar-refractivity contribution in [2.75, 3.05) is 23.3 Å². The molecule has 4 heteroatoms. The molecule has 0 spiro atoms. The second-order valence-electron chi connectivity index (χ2n) is 14.7. The number of para-hydroxylation sites is 2. The van der Waals surface area contributed by atoms with Gasteiger partial charge in [-0.2, -0.15) is 0 Å². The Morgan fingerprint density at radius 2 is 0.720 bits per heavy atom. The van der Waals surface area contributed by atoms with Gasteiger partial charge in [0.15, 0.2) is 0 Å². The van der Waals surface area contributed by atoms with E-state index in [1.165, 1.54) is 22.3 Å². The zero-order valence-electron chi connectivity index (χ0n) is 30.9. The summed E-state index contributed by atoms with van der Waals surface area (Å²) in [7, 11) is 0. The van der Waals surface area contributed by atoms with Crippen LogP contribution < -0.4 is 9.80 Å². The van der Waals surface area contributed by atoms with E-state index in [0.717, 1.165) is 55.4 Å². The third-order valence-electron chi connectivity index (χ3n) is 10.2. The van der Waals surface area contributed by atoms with Crippen LogP contribution in [-0.4, -0.2) is 23.7 Å². The first-order valence-corrected chi connectivity index (χ1v) is 18.1. The maximum atomic E-state index is 11.5. The first kappa shape index (κ1) is 35.2. The van der Waals surface area contributed by atoms with Crippen molar-refractivity contribution in [2.45, 2.75) is 79.1 Å². The maximum absolute atomic E-state index is 11.5. The van der Waals surface area contributed by atoms with Crippen LogP contribution in [0.2, 0.25) is 0 Å². The number of nitrogens with zero attached hydrogens (tertiary/aromatic N) is 2. The van der Waals surface area contributed by atoms with Gasteiger partial charge in [0.25, 0.3) is 0 Å². The van der Waals surface area contributed by atoms with Gasteiger partial charge < -0.3 is 20.0 Å². The summed E-state index contributed by atoms with van der Waals surface area (Å²) >= 11 is 0. The highest BCUT2D eigenvalue weighted by Gasteiger charge is 2.28. The van der Waals surface area contributed by atoms with Crippen LogP contribution in [0.1, 0.15) is 101 Å². The minimum atomic E-state index is -0.188. The number of aliphatic hydroxyl groups excluding tert-OH is 2.